The third-order valence-electron chi connectivity index (χ3n) is 7.22. The molecule has 1 aliphatic rings. The van der Waals surface area contributed by atoms with Gasteiger partial charge in [0.1, 0.15) is 23.7 Å². The number of hydrogen-bond acceptors (Lipinski definition) is 5. The number of amides is 1. The van der Waals surface area contributed by atoms with Gasteiger partial charge in [-0.3, -0.25) is 4.79 Å². The van der Waals surface area contributed by atoms with Crippen LogP contribution in [0.4, 0.5) is 32.2 Å². The summed E-state index contributed by atoms with van der Waals surface area (Å²) in [5.41, 5.74) is -1.92. The van der Waals surface area contributed by atoms with E-state index in [0.717, 1.165) is 22.4 Å². The Balaban J connectivity index is 1.44. The maximum Gasteiger partial charge on any atom is 0.436 e. The minimum Gasteiger partial charge on any atom is -0.489 e. The van der Waals surface area contributed by atoms with E-state index in [4.69, 9.17) is 9.84 Å². The van der Waals surface area contributed by atoms with Gasteiger partial charge in [-0.15, -0.1) is 0 Å². The van der Waals surface area contributed by atoms with Crippen LogP contribution in [0.1, 0.15) is 61.6 Å². The number of hydrogen-bond donors (Lipinski definition) is 2. The molecule has 0 bridgehead atoms. The molecule has 45 heavy (non-hydrogen) atoms. The predicted octanol–water partition coefficient (Wildman–Crippen LogP) is 6.71. The molecule has 0 aliphatic carbocycles. The maximum atomic E-state index is 14.1. The van der Waals surface area contributed by atoms with Crippen LogP contribution in [0.2, 0.25) is 0 Å². The minimum atomic E-state index is -5.00. The topological polar surface area (TPSA) is 96.7 Å². The highest BCUT2D eigenvalue weighted by molar-refractivity contribution is 6.01. The molecule has 0 saturated carbocycles. The smallest absolute Gasteiger partial charge is 0.436 e. The number of benzene rings is 3. The molecule has 5 rings (SSSR count). The van der Waals surface area contributed by atoms with Crippen molar-refractivity contribution < 1.29 is 45.8 Å². The van der Waals surface area contributed by atoms with E-state index in [2.05, 4.69) is 10.4 Å². The van der Waals surface area contributed by atoms with Crippen LogP contribution in [0.3, 0.4) is 0 Å². The van der Waals surface area contributed by atoms with E-state index < -0.39 is 47.1 Å². The van der Waals surface area contributed by atoms with Gasteiger partial charge in [-0.2, -0.15) is 31.4 Å². The summed E-state index contributed by atoms with van der Waals surface area (Å²) < 4.78 is 90.3. The molecule has 8 nitrogen and oxygen atoms in total. The molecule has 0 spiro atoms. The summed E-state index contributed by atoms with van der Waals surface area (Å²) in [6.07, 6.45) is -9.72. The Morgan fingerprint density at radius 2 is 1.62 bits per heavy atom. The molecule has 4 aromatic rings. The number of ether oxygens (including phenoxy) is 1. The van der Waals surface area contributed by atoms with E-state index in [1.54, 1.807) is 30.3 Å². The van der Waals surface area contributed by atoms with E-state index in [1.807, 2.05) is 0 Å². The lowest BCUT2D eigenvalue weighted by atomic mass is 10.1. The number of carbonyl (C=O) groups excluding carboxylic acids is 1. The molecule has 1 atom stereocenters. The van der Waals surface area contributed by atoms with Crippen LogP contribution >= 0.6 is 0 Å². The molecule has 0 fully saturated rings. The highest BCUT2D eigenvalue weighted by Crippen LogP contribution is 2.40. The van der Waals surface area contributed by atoms with Gasteiger partial charge in [0.2, 0.25) is 0 Å². The lowest BCUT2D eigenvalue weighted by molar-refractivity contribution is -0.142. The highest BCUT2D eigenvalue weighted by atomic mass is 19.4. The van der Waals surface area contributed by atoms with Crippen molar-refractivity contribution in [1.82, 2.24) is 15.1 Å². The van der Waals surface area contributed by atoms with E-state index >= 15 is 0 Å². The van der Waals surface area contributed by atoms with Crippen LogP contribution in [0.5, 0.6) is 5.75 Å². The number of fused-ring (bicyclic) bond motifs is 1. The SMILES string of the molecule is CC(NC(=O)c1c(C(F)(F)F)nn2c1N(Cc1cc(OCc3ccccc3)cc(C(F)(F)F)c1)CC2)c1ccc(C(=O)O)cc1. The van der Waals surface area contributed by atoms with E-state index in [-0.39, 0.29) is 48.9 Å². The summed E-state index contributed by atoms with van der Waals surface area (Å²) in [7, 11) is 0. The Labute approximate surface area is 252 Å². The summed E-state index contributed by atoms with van der Waals surface area (Å²) in [5.74, 6) is -2.52. The predicted molar refractivity (Wildman–Crippen MR) is 150 cm³/mol. The van der Waals surface area contributed by atoms with Gasteiger partial charge in [-0.1, -0.05) is 42.5 Å². The Morgan fingerprint density at radius 3 is 2.24 bits per heavy atom. The van der Waals surface area contributed by atoms with Crippen molar-refractivity contribution in [3.05, 3.63) is 112 Å². The first-order valence-electron chi connectivity index (χ1n) is 13.7. The third-order valence-corrected chi connectivity index (χ3v) is 7.22. The summed E-state index contributed by atoms with van der Waals surface area (Å²) in [5, 5.41) is 15.3. The number of nitrogens with zero attached hydrogens (tertiary/aromatic N) is 3. The highest BCUT2D eigenvalue weighted by Gasteiger charge is 2.44. The van der Waals surface area contributed by atoms with Gasteiger partial charge >= 0.3 is 18.3 Å². The van der Waals surface area contributed by atoms with Crippen molar-refractivity contribution in [3.8, 4) is 5.75 Å². The minimum absolute atomic E-state index is 0.00540. The number of alkyl halides is 6. The van der Waals surface area contributed by atoms with Gasteiger partial charge in [-0.05, 0) is 53.9 Å². The number of rotatable bonds is 9. The molecule has 1 amide bonds. The van der Waals surface area contributed by atoms with Crippen LogP contribution in [-0.4, -0.2) is 33.3 Å². The molecule has 236 valence electrons. The number of carbonyl (C=O) groups is 2. The van der Waals surface area contributed by atoms with Crippen LogP contribution in [0.25, 0.3) is 0 Å². The average molecular weight is 633 g/mol. The Kier molecular flexibility index (Phi) is 8.50. The number of carboxylic acid groups (broad SMARTS) is 1. The molecule has 3 aromatic carbocycles. The zero-order valence-electron chi connectivity index (χ0n) is 23.6. The summed E-state index contributed by atoms with van der Waals surface area (Å²) in [6.45, 7) is 1.30. The van der Waals surface area contributed by atoms with Crippen molar-refractivity contribution in [2.24, 2.45) is 0 Å². The van der Waals surface area contributed by atoms with Crippen molar-refractivity contribution in [2.45, 2.75) is 45.0 Å². The number of halogens is 6. The van der Waals surface area contributed by atoms with Crippen molar-refractivity contribution in [2.75, 3.05) is 11.4 Å². The molecule has 2 N–H and O–H groups in total. The van der Waals surface area contributed by atoms with Crippen LogP contribution in [-0.2, 0) is 32.0 Å². The van der Waals surface area contributed by atoms with Crippen molar-refractivity contribution in [1.29, 1.82) is 0 Å². The molecule has 2 heterocycles. The Bertz CT molecular complexity index is 1700. The van der Waals surface area contributed by atoms with Crippen molar-refractivity contribution >= 4 is 17.7 Å². The number of aromatic carboxylic acids is 1. The molecule has 0 saturated heterocycles. The number of anilines is 1. The Morgan fingerprint density at radius 1 is 0.933 bits per heavy atom. The molecule has 1 aromatic heterocycles. The molecule has 14 heteroatoms. The molecule has 1 aliphatic heterocycles. The molecule has 1 unspecified atom stereocenters. The summed E-state index contributed by atoms with van der Waals surface area (Å²) in [4.78, 5) is 25.9. The molecular formula is C31H26F6N4O4. The van der Waals surface area contributed by atoms with Gasteiger partial charge < -0.3 is 20.1 Å². The monoisotopic (exact) mass is 632 g/mol. The fourth-order valence-electron chi connectivity index (χ4n) is 5.04. The van der Waals surface area contributed by atoms with Gasteiger partial charge in [-0.25, -0.2) is 9.48 Å². The fourth-order valence-corrected chi connectivity index (χ4v) is 5.04. The lowest BCUT2D eigenvalue weighted by Crippen LogP contribution is -2.31. The van der Waals surface area contributed by atoms with E-state index in [0.29, 0.717) is 5.56 Å². The standard InChI is InChI=1S/C31H26F6N4O4/c1-18(21-7-9-22(10-8-21)29(43)44)38-27(42)25-26(31(35,36)37)39-41-12-11-40(28(25)41)16-20-13-23(30(32,33)34)15-24(14-20)45-17-19-5-3-2-4-6-19/h2-10,13-15,18H,11-12,16-17H2,1H3,(H,38,42)(H,43,44). The number of carboxylic acids is 1. The quantitative estimate of drug-likeness (QED) is 0.199. The molecular weight excluding hydrogens is 606 g/mol. The zero-order chi connectivity index (χ0) is 32.5. The second-order valence-electron chi connectivity index (χ2n) is 10.4. The summed E-state index contributed by atoms with van der Waals surface area (Å²) in [6, 6.07) is 16.5. The maximum absolute atomic E-state index is 14.1. The van der Waals surface area contributed by atoms with Crippen LogP contribution in [0, 0.1) is 0 Å². The van der Waals surface area contributed by atoms with Gasteiger partial charge in [0.05, 0.1) is 23.7 Å². The fraction of sp³-hybridized carbons (Fsp3) is 0.258. The number of nitrogens with one attached hydrogen (secondary N) is 1. The third kappa shape index (κ3) is 7.05. The molecule has 0 radical (unpaired) electrons. The summed E-state index contributed by atoms with van der Waals surface area (Å²) >= 11 is 0. The Hall–Kier alpha value is -5.01. The average Bonchev–Trinajstić information content (AvgIpc) is 3.56. The van der Waals surface area contributed by atoms with Gasteiger partial charge in [0.15, 0.2) is 5.69 Å². The second-order valence-corrected chi connectivity index (χ2v) is 10.4. The number of aromatic nitrogens is 2. The normalized spacial score (nSPS) is 13.8. The van der Waals surface area contributed by atoms with Gasteiger partial charge in [0, 0.05) is 13.1 Å². The first-order valence-corrected chi connectivity index (χ1v) is 13.7. The lowest BCUT2D eigenvalue weighted by Gasteiger charge is -2.22. The largest absolute Gasteiger partial charge is 0.489 e. The van der Waals surface area contributed by atoms with Crippen LogP contribution in [0.15, 0.2) is 72.8 Å². The second kappa shape index (κ2) is 12.2. The van der Waals surface area contributed by atoms with Crippen molar-refractivity contribution in [3.63, 3.8) is 0 Å². The van der Waals surface area contributed by atoms with E-state index in [9.17, 15) is 35.9 Å². The first-order chi connectivity index (χ1) is 21.2. The van der Waals surface area contributed by atoms with E-state index in [1.165, 1.54) is 42.2 Å². The van der Waals surface area contributed by atoms with Gasteiger partial charge in [0.25, 0.3) is 5.91 Å². The van der Waals surface area contributed by atoms with Crippen LogP contribution < -0.4 is 15.0 Å². The zero-order valence-corrected chi connectivity index (χ0v) is 23.6. The first kappa shape index (κ1) is 31.4.